The zero-order valence-electron chi connectivity index (χ0n) is 9.66. The molecule has 3 heteroatoms. The zero-order chi connectivity index (χ0) is 12.1. The highest BCUT2D eigenvalue weighted by Gasteiger charge is 2.13. The summed E-state index contributed by atoms with van der Waals surface area (Å²) in [7, 11) is 0. The Morgan fingerprint density at radius 1 is 1.38 bits per heavy atom. The highest BCUT2D eigenvalue weighted by atomic mass is 19.1. The molecule has 88 valence electrons. The molecule has 1 rings (SSSR count). The summed E-state index contributed by atoms with van der Waals surface area (Å²) in [6, 6.07) is 4.75. The van der Waals surface area contributed by atoms with Gasteiger partial charge >= 0.3 is 5.97 Å². The van der Waals surface area contributed by atoms with Crippen molar-refractivity contribution in [2.75, 3.05) is 0 Å². The van der Waals surface area contributed by atoms with E-state index < -0.39 is 5.97 Å². The van der Waals surface area contributed by atoms with Crippen molar-refractivity contribution in [2.45, 2.75) is 39.0 Å². The summed E-state index contributed by atoms with van der Waals surface area (Å²) < 4.78 is 13.7. The Labute approximate surface area is 95.1 Å². The average molecular weight is 224 g/mol. The molecular weight excluding hydrogens is 207 g/mol. The van der Waals surface area contributed by atoms with Crippen LogP contribution in [0.15, 0.2) is 18.2 Å². The van der Waals surface area contributed by atoms with E-state index in [1.54, 1.807) is 12.1 Å². The van der Waals surface area contributed by atoms with Crippen molar-refractivity contribution in [1.82, 2.24) is 0 Å². The Balaban J connectivity index is 2.94. The van der Waals surface area contributed by atoms with Crippen LogP contribution in [-0.4, -0.2) is 11.1 Å². The van der Waals surface area contributed by atoms with Gasteiger partial charge < -0.3 is 5.11 Å². The number of rotatable bonds is 5. The average Bonchev–Trinajstić information content (AvgIpc) is 2.21. The van der Waals surface area contributed by atoms with Crippen molar-refractivity contribution in [1.29, 1.82) is 0 Å². The van der Waals surface area contributed by atoms with Crippen LogP contribution in [0.4, 0.5) is 4.39 Å². The number of halogens is 1. The molecule has 0 unspecified atom stereocenters. The number of carboxylic acid groups (broad SMARTS) is 1. The van der Waals surface area contributed by atoms with E-state index in [0.29, 0.717) is 11.1 Å². The Bertz CT molecular complexity index is 370. The smallest absolute Gasteiger partial charge is 0.307 e. The van der Waals surface area contributed by atoms with E-state index in [1.165, 1.54) is 6.07 Å². The van der Waals surface area contributed by atoms with Crippen LogP contribution in [-0.2, 0) is 11.2 Å². The first-order valence-corrected chi connectivity index (χ1v) is 5.58. The predicted molar refractivity (Wildman–Crippen MR) is 61.1 cm³/mol. The summed E-state index contributed by atoms with van der Waals surface area (Å²) in [5.74, 6) is -0.999. The molecule has 0 saturated heterocycles. The molecule has 0 aliphatic carbocycles. The van der Waals surface area contributed by atoms with E-state index in [0.717, 1.165) is 12.8 Å². The van der Waals surface area contributed by atoms with Gasteiger partial charge in [0.05, 0.1) is 6.42 Å². The van der Waals surface area contributed by atoms with E-state index in [-0.39, 0.29) is 18.2 Å². The molecule has 0 heterocycles. The standard InChI is InChI=1S/C13H17FO2/c1-3-10(4-2)11-6-5-9(7-12(11)14)8-13(15)16/h5-7,10H,3-4,8H2,1-2H3,(H,15,16). The van der Waals surface area contributed by atoms with Gasteiger partial charge in [-0.1, -0.05) is 26.0 Å². The topological polar surface area (TPSA) is 37.3 Å². The van der Waals surface area contributed by atoms with Crippen LogP contribution in [0, 0.1) is 5.82 Å². The fourth-order valence-corrected chi connectivity index (χ4v) is 1.91. The summed E-state index contributed by atoms with van der Waals surface area (Å²) in [5, 5.41) is 8.61. The van der Waals surface area contributed by atoms with Crippen molar-refractivity contribution >= 4 is 5.97 Å². The molecule has 16 heavy (non-hydrogen) atoms. The van der Waals surface area contributed by atoms with Gasteiger partial charge in [-0.15, -0.1) is 0 Å². The molecule has 2 nitrogen and oxygen atoms in total. The summed E-state index contributed by atoms with van der Waals surface area (Å²) in [6.07, 6.45) is 1.66. The fraction of sp³-hybridized carbons (Fsp3) is 0.462. The van der Waals surface area contributed by atoms with Crippen LogP contribution < -0.4 is 0 Å². The maximum Gasteiger partial charge on any atom is 0.307 e. The first kappa shape index (κ1) is 12.7. The molecule has 0 bridgehead atoms. The van der Waals surface area contributed by atoms with Gasteiger partial charge in [0.1, 0.15) is 5.82 Å². The molecule has 1 aromatic carbocycles. The maximum absolute atomic E-state index is 13.7. The van der Waals surface area contributed by atoms with Crippen molar-refractivity contribution in [3.63, 3.8) is 0 Å². The molecule has 0 radical (unpaired) electrons. The molecule has 0 saturated carbocycles. The van der Waals surface area contributed by atoms with Gasteiger partial charge in [-0.05, 0) is 36.0 Å². The third kappa shape index (κ3) is 3.05. The molecule has 0 aliphatic heterocycles. The molecule has 0 spiro atoms. The fourth-order valence-electron chi connectivity index (χ4n) is 1.91. The van der Waals surface area contributed by atoms with Crippen molar-refractivity contribution < 1.29 is 14.3 Å². The molecule has 0 amide bonds. The van der Waals surface area contributed by atoms with Gasteiger partial charge in [-0.3, -0.25) is 4.79 Å². The Morgan fingerprint density at radius 2 is 2.00 bits per heavy atom. The Kier molecular flexibility index (Phi) is 4.47. The zero-order valence-corrected chi connectivity index (χ0v) is 9.66. The van der Waals surface area contributed by atoms with Gasteiger partial charge in [0.15, 0.2) is 0 Å². The number of benzene rings is 1. The SMILES string of the molecule is CCC(CC)c1ccc(CC(=O)O)cc1F. The minimum Gasteiger partial charge on any atom is -0.481 e. The van der Waals surface area contributed by atoms with Crippen molar-refractivity contribution in [3.8, 4) is 0 Å². The lowest BCUT2D eigenvalue weighted by molar-refractivity contribution is -0.136. The number of carboxylic acids is 1. The second kappa shape index (κ2) is 5.64. The second-order valence-corrected chi connectivity index (χ2v) is 3.94. The summed E-state index contributed by atoms with van der Waals surface area (Å²) in [6.45, 7) is 4.05. The number of hydrogen-bond acceptors (Lipinski definition) is 1. The highest BCUT2D eigenvalue weighted by molar-refractivity contribution is 5.70. The van der Waals surface area contributed by atoms with Crippen LogP contribution >= 0.6 is 0 Å². The predicted octanol–water partition coefficient (Wildman–Crippen LogP) is 3.36. The summed E-state index contributed by atoms with van der Waals surface area (Å²) in [4.78, 5) is 10.5. The van der Waals surface area contributed by atoms with Crippen molar-refractivity contribution in [2.24, 2.45) is 0 Å². The minimum absolute atomic E-state index is 0.125. The van der Waals surface area contributed by atoms with Gasteiger partial charge in [0.25, 0.3) is 0 Å². The minimum atomic E-state index is -0.935. The third-order valence-electron chi connectivity index (χ3n) is 2.85. The van der Waals surface area contributed by atoms with Gasteiger partial charge in [0.2, 0.25) is 0 Å². The normalized spacial score (nSPS) is 10.8. The van der Waals surface area contributed by atoms with E-state index >= 15 is 0 Å². The molecular formula is C13H17FO2. The van der Waals surface area contributed by atoms with E-state index in [1.807, 2.05) is 13.8 Å². The first-order chi connectivity index (χ1) is 7.58. The lowest BCUT2D eigenvalue weighted by Crippen LogP contribution is -2.03. The number of carbonyl (C=O) groups is 1. The molecule has 1 N–H and O–H groups in total. The van der Waals surface area contributed by atoms with Crippen LogP contribution in [0.1, 0.15) is 43.7 Å². The largest absolute Gasteiger partial charge is 0.481 e. The summed E-state index contributed by atoms with van der Waals surface area (Å²) >= 11 is 0. The van der Waals surface area contributed by atoms with E-state index in [4.69, 9.17) is 5.11 Å². The van der Waals surface area contributed by atoms with Crippen molar-refractivity contribution in [3.05, 3.63) is 35.1 Å². The van der Waals surface area contributed by atoms with Gasteiger partial charge in [-0.2, -0.15) is 0 Å². The molecule has 0 aromatic heterocycles. The quantitative estimate of drug-likeness (QED) is 0.832. The molecule has 1 aromatic rings. The molecule has 0 atom stereocenters. The first-order valence-electron chi connectivity index (χ1n) is 5.58. The monoisotopic (exact) mass is 224 g/mol. The van der Waals surface area contributed by atoms with Gasteiger partial charge in [0, 0.05) is 0 Å². The van der Waals surface area contributed by atoms with E-state index in [9.17, 15) is 9.18 Å². The highest BCUT2D eigenvalue weighted by Crippen LogP contribution is 2.26. The molecule has 0 aliphatic rings. The Hall–Kier alpha value is -1.38. The number of hydrogen-bond donors (Lipinski definition) is 1. The van der Waals surface area contributed by atoms with Crippen LogP contribution in [0.25, 0.3) is 0 Å². The second-order valence-electron chi connectivity index (χ2n) is 3.94. The van der Waals surface area contributed by atoms with Crippen LogP contribution in [0.3, 0.4) is 0 Å². The molecule has 0 fully saturated rings. The third-order valence-corrected chi connectivity index (χ3v) is 2.85. The lowest BCUT2D eigenvalue weighted by atomic mass is 9.92. The maximum atomic E-state index is 13.7. The van der Waals surface area contributed by atoms with Gasteiger partial charge in [-0.25, -0.2) is 4.39 Å². The number of aliphatic carboxylic acids is 1. The van der Waals surface area contributed by atoms with E-state index in [2.05, 4.69) is 0 Å². The Morgan fingerprint density at radius 3 is 2.44 bits per heavy atom. The lowest BCUT2D eigenvalue weighted by Gasteiger charge is -2.14. The van der Waals surface area contributed by atoms with Crippen LogP contribution in [0.2, 0.25) is 0 Å². The summed E-state index contributed by atoms with van der Waals surface area (Å²) in [5.41, 5.74) is 1.21. The van der Waals surface area contributed by atoms with Crippen LogP contribution in [0.5, 0.6) is 0 Å².